The van der Waals surface area contributed by atoms with Gasteiger partial charge in [-0.1, -0.05) is 0 Å². The van der Waals surface area contributed by atoms with E-state index >= 15 is 0 Å². The van der Waals surface area contributed by atoms with E-state index in [1.54, 1.807) is 0 Å². The Morgan fingerprint density at radius 2 is 1.48 bits per heavy atom. The number of rotatable bonds is 3. The topological polar surface area (TPSA) is 195 Å². The van der Waals surface area contributed by atoms with Crippen LogP contribution >= 0.6 is 0 Å². The molecule has 1 heterocycles. The van der Waals surface area contributed by atoms with Crippen molar-refractivity contribution in [1.82, 2.24) is 0 Å². The Bertz CT molecular complexity index is 1220. The van der Waals surface area contributed by atoms with E-state index in [0.29, 0.717) is 0 Å². The van der Waals surface area contributed by atoms with Crippen molar-refractivity contribution in [2.24, 2.45) is 0 Å². The summed E-state index contributed by atoms with van der Waals surface area (Å²) in [5, 5.41) is 47.5. The zero-order chi connectivity index (χ0) is 20.1. The van der Waals surface area contributed by atoms with Gasteiger partial charge >= 0.3 is 10.4 Å². The molecule has 0 saturated heterocycles. The molecule has 0 spiro atoms. The highest BCUT2D eigenvalue weighted by atomic mass is 32.3. The van der Waals surface area contributed by atoms with Gasteiger partial charge < -0.3 is 34.1 Å². The van der Waals surface area contributed by atoms with E-state index in [4.69, 9.17) is 8.97 Å². The molecule has 0 fully saturated rings. The first-order valence-corrected chi connectivity index (χ1v) is 8.29. The van der Waals surface area contributed by atoms with Crippen molar-refractivity contribution in [3.05, 3.63) is 34.5 Å². The minimum absolute atomic E-state index is 0.330. The lowest BCUT2D eigenvalue weighted by molar-refractivity contribution is 0.367. The van der Waals surface area contributed by atoms with E-state index in [1.807, 2.05) is 0 Å². The fraction of sp³-hybridized carbons (Fsp3) is 0. The molecule has 0 atom stereocenters. The second-order valence-electron chi connectivity index (χ2n) is 5.30. The summed E-state index contributed by atoms with van der Waals surface area (Å²) in [5.74, 6) is -5.63. The summed E-state index contributed by atoms with van der Waals surface area (Å²) >= 11 is 0. The smallest absolute Gasteiger partial charge is 0.446 e. The zero-order valence-electron chi connectivity index (χ0n) is 12.9. The first-order valence-electron chi connectivity index (χ1n) is 6.93. The highest BCUT2D eigenvalue weighted by Crippen LogP contribution is 2.42. The van der Waals surface area contributed by atoms with Crippen LogP contribution in [0.25, 0.3) is 22.3 Å². The molecule has 0 amide bonds. The lowest BCUT2D eigenvalue weighted by Crippen LogP contribution is -2.15. The Morgan fingerprint density at radius 3 is 2.04 bits per heavy atom. The van der Waals surface area contributed by atoms with Crippen LogP contribution < -0.4 is 9.61 Å². The van der Waals surface area contributed by atoms with Gasteiger partial charge in [0.2, 0.25) is 11.2 Å². The molecular formula is C15H10O11S. The SMILES string of the molecule is O=c1c(OS(=O)(=O)O)c(-c2cc(O)c(O)c(O)c2)oc2cc(O)cc(O)c12. The van der Waals surface area contributed by atoms with Crippen molar-refractivity contribution in [3.63, 3.8) is 0 Å². The van der Waals surface area contributed by atoms with E-state index in [1.165, 1.54) is 0 Å². The maximum absolute atomic E-state index is 12.6. The molecular weight excluding hydrogens is 388 g/mol. The number of hydrogen-bond acceptors (Lipinski definition) is 10. The van der Waals surface area contributed by atoms with Crippen LogP contribution in [0.1, 0.15) is 0 Å². The third kappa shape index (κ3) is 3.26. The molecule has 27 heavy (non-hydrogen) atoms. The van der Waals surface area contributed by atoms with Crippen molar-refractivity contribution >= 4 is 21.4 Å². The zero-order valence-corrected chi connectivity index (χ0v) is 13.8. The van der Waals surface area contributed by atoms with E-state index in [0.717, 1.165) is 24.3 Å². The maximum atomic E-state index is 12.6. The molecule has 3 rings (SSSR count). The van der Waals surface area contributed by atoms with Gasteiger partial charge in [-0.2, -0.15) is 8.42 Å². The highest BCUT2D eigenvalue weighted by Gasteiger charge is 2.25. The quantitative estimate of drug-likeness (QED) is 0.274. The Balaban J connectivity index is 2.47. The summed E-state index contributed by atoms with van der Waals surface area (Å²) in [7, 11) is -5.21. The predicted molar refractivity (Wildman–Crippen MR) is 88.4 cm³/mol. The fourth-order valence-electron chi connectivity index (χ4n) is 2.37. The van der Waals surface area contributed by atoms with Crippen LogP contribution in [0.3, 0.4) is 0 Å². The van der Waals surface area contributed by atoms with E-state index in [2.05, 4.69) is 4.18 Å². The summed E-state index contributed by atoms with van der Waals surface area (Å²) in [4.78, 5) is 12.6. The Morgan fingerprint density at radius 1 is 0.889 bits per heavy atom. The predicted octanol–water partition coefficient (Wildman–Crippen LogP) is 1.17. The van der Waals surface area contributed by atoms with Gasteiger partial charge in [0.15, 0.2) is 23.0 Å². The van der Waals surface area contributed by atoms with Crippen molar-refractivity contribution in [2.75, 3.05) is 0 Å². The van der Waals surface area contributed by atoms with Gasteiger partial charge in [-0.15, -0.1) is 0 Å². The Hall–Kier alpha value is -3.64. The number of phenols is 5. The van der Waals surface area contributed by atoms with Crippen LogP contribution in [0, 0.1) is 0 Å². The van der Waals surface area contributed by atoms with Gasteiger partial charge in [-0.05, 0) is 12.1 Å². The number of aromatic hydroxyl groups is 5. The molecule has 3 aromatic rings. The van der Waals surface area contributed by atoms with E-state index in [-0.39, 0.29) is 5.56 Å². The van der Waals surface area contributed by atoms with E-state index < -0.39 is 67.1 Å². The molecule has 11 nitrogen and oxygen atoms in total. The third-order valence-electron chi connectivity index (χ3n) is 3.44. The average molecular weight is 398 g/mol. The molecule has 0 saturated carbocycles. The van der Waals surface area contributed by atoms with Gasteiger partial charge in [0.05, 0.1) is 0 Å². The van der Waals surface area contributed by atoms with E-state index in [9.17, 15) is 38.7 Å². The minimum atomic E-state index is -5.21. The van der Waals surface area contributed by atoms with Gasteiger partial charge in [-0.3, -0.25) is 9.35 Å². The monoisotopic (exact) mass is 398 g/mol. The van der Waals surface area contributed by atoms with Crippen molar-refractivity contribution < 1.29 is 47.1 Å². The van der Waals surface area contributed by atoms with Crippen molar-refractivity contribution in [3.8, 4) is 45.8 Å². The summed E-state index contributed by atoms with van der Waals surface area (Å²) in [6, 6.07) is 3.32. The number of fused-ring (bicyclic) bond motifs is 1. The highest BCUT2D eigenvalue weighted by molar-refractivity contribution is 7.81. The lowest BCUT2D eigenvalue weighted by atomic mass is 10.1. The number of benzene rings is 2. The summed E-state index contributed by atoms with van der Waals surface area (Å²) in [6.45, 7) is 0. The average Bonchev–Trinajstić information content (AvgIpc) is 2.52. The molecule has 1 aromatic heterocycles. The summed E-state index contributed by atoms with van der Waals surface area (Å²) in [5.41, 5.74) is -1.97. The van der Waals surface area contributed by atoms with Crippen LogP contribution in [-0.2, 0) is 10.4 Å². The summed E-state index contributed by atoms with van der Waals surface area (Å²) in [6.07, 6.45) is 0. The second-order valence-corrected chi connectivity index (χ2v) is 6.32. The minimum Gasteiger partial charge on any atom is -0.508 e. The van der Waals surface area contributed by atoms with Crippen LogP contribution in [0.5, 0.6) is 34.5 Å². The van der Waals surface area contributed by atoms with Gasteiger partial charge in [-0.25, -0.2) is 0 Å². The Labute approximate surface area is 149 Å². The molecule has 0 unspecified atom stereocenters. The first-order chi connectivity index (χ1) is 12.5. The normalized spacial score (nSPS) is 11.6. The third-order valence-corrected chi connectivity index (χ3v) is 3.82. The molecule has 0 aliphatic carbocycles. The standard InChI is InChI=1S/C15H10O11S/c16-6-3-7(17)11-10(4-6)25-14(15(13(11)21)26-27(22,23)24)5-1-8(18)12(20)9(19)2-5/h1-4,16-20H,(H,22,23,24). The van der Waals surface area contributed by atoms with Crippen LogP contribution in [-0.4, -0.2) is 38.5 Å². The molecule has 0 radical (unpaired) electrons. The van der Waals surface area contributed by atoms with Gasteiger partial charge in [0.1, 0.15) is 22.5 Å². The molecule has 12 heteroatoms. The van der Waals surface area contributed by atoms with Gasteiger partial charge in [0, 0.05) is 17.7 Å². The molecule has 0 aliphatic heterocycles. The van der Waals surface area contributed by atoms with Crippen molar-refractivity contribution in [1.29, 1.82) is 0 Å². The van der Waals surface area contributed by atoms with Crippen LogP contribution in [0.4, 0.5) is 0 Å². The molecule has 6 N–H and O–H groups in total. The second kappa shape index (κ2) is 5.96. The Kier molecular flexibility index (Phi) is 4.01. The molecule has 2 aromatic carbocycles. The largest absolute Gasteiger partial charge is 0.508 e. The lowest BCUT2D eigenvalue weighted by Gasteiger charge is -2.11. The fourth-order valence-corrected chi connectivity index (χ4v) is 2.74. The van der Waals surface area contributed by atoms with Gasteiger partial charge in [0.25, 0.3) is 0 Å². The molecule has 142 valence electrons. The number of hydrogen-bond donors (Lipinski definition) is 6. The van der Waals surface area contributed by atoms with Crippen LogP contribution in [0.15, 0.2) is 33.5 Å². The molecule has 0 aliphatic rings. The maximum Gasteiger partial charge on any atom is 0.446 e. The van der Waals surface area contributed by atoms with Crippen molar-refractivity contribution in [2.45, 2.75) is 0 Å². The number of phenolic OH excluding ortho intramolecular Hbond substituents is 5. The first kappa shape index (κ1) is 18.2. The molecule has 0 bridgehead atoms. The summed E-state index contributed by atoms with van der Waals surface area (Å²) < 4.78 is 40.7. The van der Waals surface area contributed by atoms with Crippen LogP contribution in [0.2, 0.25) is 0 Å².